The van der Waals surface area contributed by atoms with E-state index in [1.807, 2.05) is 18.2 Å². The van der Waals surface area contributed by atoms with E-state index in [0.29, 0.717) is 12.8 Å². The van der Waals surface area contributed by atoms with Crippen molar-refractivity contribution in [1.82, 2.24) is 10.6 Å². The van der Waals surface area contributed by atoms with Crippen molar-refractivity contribution in [3.8, 4) is 0 Å². The molecule has 1 aromatic carbocycles. The molecule has 0 saturated carbocycles. The van der Waals surface area contributed by atoms with E-state index in [9.17, 15) is 19.2 Å². The predicted molar refractivity (Wildman–Crippen MR) is 124 cm³/mol. The minimum Gasteiger partial charge on any atom is -0.459 e. The Morgan fingerprint density at radius 1 is 0.824 bits per heavy atom. The first-order valence-corrected chi connectivity index (χ1v) is 10.9. The monoisotopic (exact) mass is 476 g/mol. The molecule has 34 heavy (non-hydrogen) atoms. The number of alkyl carbamates (subject to hydrolysis) is 2. The van der Waals surface area contributed by atoms with Crippen LogP contribution in [-0.4, -0.2) is 49.5 Å². The Morgan fingerprint density at radius 3 is 1.59 bits per heavy atom. The molecule has 0 aliphatic heterocycles. The van der Waals surface area contributed by atoms with Gasteiger partial charge >= 0.3 is 24.1 Å². The fourth-order valence-corrected chi connectivity index (χ4v) is 2.52. The molecule has 0 spiro atoms. The third-order valence-corrected chi connectivity index (χ3v) is 4.48. The highest BCUT2D eigenvalue weighted by molar-refractivity contribution is 5.81. The summed E-state index contributed by atoms with van der Waals surface area (Å²) in [6, 6.07) is 7.23. The molecule has 0 heterocycles. The van der Waals surface area contributed by atoms with Crippen LogP contribution in [0.15, 0.2) is 49.6 Å². The molecule has 0 aliphatic rings. The second-order valence-electron chi connectivity index (χ2n) is 7.07. The van der Waals surface area contributed by atoms with Crippen LogP contribution in [0.3, 0.4) is 0 Å². The number of esters is 2. The highest BCUT2D eigenvalue weighted by Crippen LogP contribution is 2.07. The first kappa shape index (κ1) is 28.2. The third-order valence-electron chi connectivity index (χ3n) is 4.48. The zero-order chi connectivity index (χ0) is 25.3. The molecule has 2 N–H and O–H groups in total. The Bertz CT molecular complexity index is 790. The van der Waals surface area contributed by atoms with Crippen LogP contribution in [0.4, 0.5) is 9.59 Å². The van der Waals surface area contributed by atoms with Crippen LogP contribution in [0.2, 0.25) is 0 Å². The van der Waals surface area contributed by atoms with Gasteiger partial charge < -0.3 is 29.6 Å². The topological polar surface area (TPSA) is 129 Å². The maximum Gasteiger partial charge on any atom is 0.407 e. The molecule has 0 aliphatic carbocycles. The second kappa shape index (κ2) is 15.9. The van der Waals surface area contributed by atoms with Crippen molar-refractivity contribution in [3.63, 3.8) is 0 Å². The molecular weight excluding hydrogens is 444 g/mol. The molecule has 0 radical (unpaired) electrons. The van der Waals surface area contributed by atoms with Gasteiger partial charge in [-0.25, -0.2) is 19.2 Å². The average molecular weight is 477 g/mol. The number of ether oxygens (including phenoxy) is 4. The number of hydrogen-bond acceptors (Lipinski definition) is 8. The van der Waals surface area contributed by atoms with Gasteiger partial charge in [-0.1, -0.05) is 51.3 Å². The first-order chi connectivity index (χ1) is 16.3. The predicted octanol–water partition coefficient (Wildman–Crippen LogP) is 3.15. The van der Waals surface area contributed by atoms with Gasteiger partial charge in [0.05, 0.1) is 0 Å². The smallest absolute Gasteiger partial charge is 0.407 e. The second-order valence-corrected chi connectivity index (χ2v) is 7.07. The van der Waals surface area contributed by atoms with Gasteiger partial charge in [0, 0.05) is 25.2 Å². The Balaban J connectivity index is 2.46. The fraction of sp³-hybridized carbons (Fsp3) is 0.417. The van der Waals surface area contributed by atoms with E-state index in [-0.39, 0.29) is 26.3 Å². The van der Waals surface area contributed by atoms with Crippen LogP contribution in [0.5, 0.6) is 0 Å². The Kier molecular flexibility index (Phi) is 13.2. The zero-order valence-corrected chi connectivity index (χ0v) is 19.5. The van der Waals surface area contributed by atoms with Crippen molar-refractivity contribution in [2.45, 2.75) is 52.0 Å². The standard InChI is InChI=1S/C24H32N2O8/c1-5-19(15-31-21(27)7-3)33-23(29)25-13-17-10-9-11-18(12-17)14-26-24(30)34-20(6-2)16-32-22(28)8-4/h7-12,19-20H,3-6,13-16H2,1-2H3,(H,25,29)(H,26,30). The lowest BCUT2D eigenvalue weighted by Crippen LogP contribution is -2.31. The third kappa shape index (κ3) is 11.7. The molecule has 10 nitrogen and oxygen atoms in total. The highest BCUT2D eigenvalue weighted by atomic mass is 16.6. The van der Waals surface area contributed by atoms with E-state index in [4.69, 9.17) is 18.9 Å². The minimum atomic E-state index is -0.642. The molecule has 1 rings (SSSR count). The minimum absolute atomic E-state index is 0.0540. The van der Waals surface area contributed by atoms with E-state index >= 15 is 0 Å². The Hall–Kier alpha value is -3.82. The summed E-state index contributed by atoms with van der Waals surface area (Å²) in [6.45, 7) is 10.5. The van der Waals surface area contributed by atoms with Crippen molar-refractivity contribution in [2.24, 2.45) is 0 Å². The fourth-order valence-electron chi connectivity index (χ4n) is 2.52. The summed E-state index contributed by atoms with van der Waals surface area (Å²) < 4.78 is 20.3. The van der Waals surface area contributed by atoms with E-state index in [0.717, 1.165) is 23.3 Å². The van der Waals surface area contributed by atoms with Crippen LogP contribution in [0.25, 0.3) is 0 Å². The summed E-state index contributed by atoms with van der Waals surface area (Å²) in [5.41, 5.74) is 1.58. The molecule has 10 heteroatoms. The van der Waals surface area contributed by atoms with Gasteiger partial charge in [-0.05, 0) is 24.0 Å². The molecule has 2 atom stereocenters. The molecule has 2 unspecified atom stereocenters. The summed E-state index contributed by atoms with van der Waals surface area (Å²) in [4.78, 5) is 46.4. The summed E-state index contributed by atoms with van der Waals surface area (Å²) in [6.07, 6.45) is 0.604. The molecular formula is C24H32N2O8. The SMILES string of the molecule is C=CC(=O)OCC(CC)OC(=O)NCc1cccc(CNC(=O)OC(CC)COC(=O)C=C)c1. The van der Waals surface area contributed by atoms with Gasteiger partial charge in [-0.2, -0.15) is 0 Å². The Morgan fingerprint density at radius 2 is 1.24 bits per heavy atom. The van der Waals surface area contributed by atoms with E-state index in [2.05, 4.69) is 23.8 Å². The number of benzene rings is 1. The Labute approximate surface area is 199 Å². The highest BCUT2D eigenvalue weighted by Gasteiger charge is 2.15. The molecule has 0 bridgehead atoms. The molecule has 1 aromatic rings. The van der Waals surface area contributed by atoms with Crippen molar-refractivity contribution in [2.75, 3.05) is 13.2 Å². The van der Waals surface area contributed by atoms with Crippen molar-refractivity contribution in [1.29, 1.82) is 0 Å². The van der Waals surface area contributed by atoms with Crippen LogP contribution in [-0.2, 0) is 41.6 Å². The largest absolute Gasteiger partial charge is 0.459 e. The summed E-state index contributed by atoms with van der Waals surface area (Å²) in [7, 11) is 0. The number of carbonyl (C=O) groups is 4. The van der Waals surface area contributed by atoms with Gasteiger partial charge in [0.15, 0.2) is 0 Å². The maximum absolute atomic E-state index is 12.0. The van der Waals surface area contributed by atoms with Crippen LogP contribution >= 0.6 is 0 Å². The summed E-state index contributed by atoms with van der Waals surface area (Å²) >= 11 is 0. The molecule has 0 fully saturated rings. The summed E-state index contributed by atoms with van der Waals surface area (Å²) in [5.74, 6) is -1.17. The lowest BCUT2D eigenvalue weighted by atomic mass is 10.1. The number of hydrogen-bond donors (Lipinski definition) is 2. The summed E-state index contributed by atoms with van der Waals surface area (Å²) in [5, 5.41) is 5.27. The average Bonchev–Trinajstić information content (AvgIpc) is 2.86. The zero-order valence-electron chi connectivity index (χ0n) is 19.5. The van der Waals surface area contributed by atoms with Crippen molar-refractivity contribution < 1.29 is 38.1 Å². The normalized spacial score (nSPS) is 11.8. The molecule has 2 amide bonds. The number of amides is 2. The van der Waals surface area contributed by atoms with Crippen molar-refractivity contribution in [3.05, 3.63) is 60.7 Å². The van der Waals surface area contributed by atoms with E-state index in [1.54, 1.807) is 19.9 Å². The van der Waals surface area contributed by atoms with Gasteiger partial charge in [-0.3, -0.25) is 0 Å². The maximum atomic E-state index is 12.0. The van der Waals surface area contributed by atoms with Crippen LogP contribution < -0.4 is 10.6 Å². The lowest BCUT2D eigenvalue weighted by molar-refractivity contribution is -0.141. The van der Waals surface area contributed by atoms with Crippen LogP contribution in [0.1, 0.15) is 37.8 Å². The molecule has 186 valence electrons. The lowest BCUT2D eigenvalue weighted by Gasteiger charge is -2.17. The van der Waals surface area contributed by atoms with E-state index < -0.39 is 36.3 Å². The number of nitrogens with one attached hydrogen (secondary N) is 2. The first-order valence-electron chi connectivity index (χ1n) is 10.9. The molecule has 0 aromatic heterocycles. The van der Waals surface area contributed by atoms with Gasteiger partial charge in [-0.15, -0.1) is 0 Å². The molecule has 0 saturated heterocycles. The van der Waals surface area contributed by atoms with Gasteiger partial charge in [0.2, 0.25) is 0 Å². The van der Waals surface area contributed by atoms with Gasteiger partial charge in [0.1, 0.15) is 25.4 Å². The van der Waals surface area contributed by atoms with Gasteiger partial charge in [0.25, 0.3) is 0 Å². The van der Waals surface area contributed by atoms with Crippen molar-refractivity contribution >= 4 is 24.1 Å². The quantitative estimate of drug-likeness (QED) is 0.238. The number of carbonyl (C=O) groups excluding carboxylic acids is 4. The van der Waals surface area contributed by atoms with Crippen LogP contribution in [0, 0.1) is 0 Å². The number of rotatable bonds is 14. The van der Waals surface area contributed by atoms with E-state index in [1.165, 1.54) is 0 Å².